The Morgan fingerprint density at radius 2 is 1.68 bits per heavy atom. The van der Waals surface area contributed by atoms with Gasteiger partial charge in [0.15, 0.2) is 17.0 Å². The van der Waals surface area contributed by atoms with Gasteiger partial charge in [-0.3, -0.25) is 9.48 Å². The molecule has 0 radical (unpaired) electrons. The van der Waals surface area contributed by atoms with E-state index in [9.17, 15) is 18.0 Å². The molecule has 0 aliphatic carbocycles. The molecule has 5 aromatic rings. The minimum absolute atomic E-state index is 0.0772. The van der Waals surface area contributed by atoms with E-state index in [1.807, 2.05) is 64.1 Å². The molecule has 7 nitrogen and oxygen atoms in total. The van der Waals surface area contributed by atoms with Gasteiger partial charge in [0, 0.05) is 11.6 Å². The normalized spacial score (nSPS) is 11.9. The minimum Gasteiger partial charge on any atom is -0.317 e. The number of aryl methyl sites for hydroxylation is 2. The van der Waals surface area contributed by atoms with E-state index >= 15 is 0 Å². The van der Waals surface area contributed by atoms with Gasteiger partial charge in [-0.15, -0.1) is 0 Å². The molecule has 1 amide bonds. The maximum absolute atomic E-state index is 14.1. The van der Waals surface area contributed by atoms with Crippen molar-refractivity contribution in [3.8, 4) is 11.3 Å². The summed E-state index contributed by atoms with van der Waals surface area (Å²) in [6, 6.07) is 17.4. The number of hydrogen-bond donors (Lipinski definition) is 1. The Morgan fingerprint density at radius 1 is 0.975 bits per heavy atom. The Kier molecular flexibility index (Phi) is 6.95. The first-order valence-electron chi connectivity index (χ1n) is 12.9. The number of nitrogens with zero attached hydrogens (tertiary/aromatic N) is 5. The molecule has 0 atom stereocenters. The summed E-state index contributed by atoms with van der Waals surface area (Å²) in [6.07, 6.45) is -4.71. The van der Waals surface area contributed by atoms with Crippen molar-refractivity contribution in [1.29, 1.82) is 0 Å². The maximum atomic E-state index is 14.1. The van der Waals surface area contributed by atoms with Crippen LogP contribution in [0.2, 0.25) is 0 Å². The van der Waals surface area contributed by atoms with Crippen molar-refractivity contribution in [3.63, 3.8) is 0 Å². The second kappa shape index (κ2) is 10.3. The highest BCUT2D eigenvalue weighted by molar-refractivity contribution is 6.04. The highest BCUT2D eigenvalue weighted by atomic mass is 19.4. The largest absolute Gasteiger partial charge is 0.433 e. The summed E-state index contributed by atoms with van der Waals surface area (Å²) < 4.78 is 44.6. The lowest BCUT2D eigenvalue weighted by Gasteiger charge is -2.12. The number of hydrogen-bond acceptors (Lipinski definition) is 4. The van der Waals surface area contributed by atoms with Crippen molar-refractivity contribution in [2.75, 3.05) is 5.32 Å². The zero-order chi connectivity index (χ0) is 28.8. The third kappa shape index (κ3) is 5.21. The van der Waals surface area contributed by atoms with Gasteiger partial charge in [0.25, 0.3) is 5.91 Å². The average molecular weight is 547 g/mol. The smallest absolute Gasteiger partial charge is 0.317 e. The topological polar surface area (TPSA) is 77.1 Å². The SMILES string of the molecule is Cc1ccccc1Cn1nc(C)c(NC(=O)c2cc3nc(-c4ccc(C(C)C)cc4)cc(C(F)(F)F)n3n2)c1C. The standard InChI is InChI=1S/C30H29F3N6O/c1-17(2)21-10-12-22(13-11-21)24-14-26(30(31,32)33)39-27(34-24)15-25(37-39)29(40)35-28-19(4)36-38(20(28)5)16-23-9-7-6-8-18(23)3/h6-15,17H,16H2,1-5H3,(H,35,40). The molecular weight excluding hydrogens is 517 g/mol. The summed E-state index contributed by atoms with van der Waals surface area (Å²) in [7, 11) is 0. The van der Waals surface area contributed by atoms with Crippen molar-refractivity contribution >= 4 is 17.2 Å². The number of amides is 1. The zero-order valence-corrected chi connectivity index (χ0v) is 22.8. The van der Waals surface area contributed by atoms with Gasteiger partial charge >= 0.3 is 6.18 Å². The Morgan fingerprint density at radius 3 is 2.33 bits per heavy atom. The van der Waals surface area contributed by atoms with Crippen LogP contribution in [0.4, 0.5) is 18.9 Å². The van der Waals surface area contributed by atoms with E-state index in [2.05, 4.69) is 20.5 Å². The monoisotopic (exact) mass is 546 g/mol. The van der Waals surface area contributed by atoms with E-state index in [0.29, 0.717) is 28.0 Å². The van der Waals surface area contributed by atoms with Crippen LogP contribution in [0.3, 0.4) is 0 Å². The van der Waals surface area contributed by atoms with Crippen molar-refractivity contribution in [2.45, 2.75) is 53.3 Å². The number of alkyl halides is 3. The Labute approximate surface area is 229 Å². The van der Waals surface area contributed by atoms with Crippen LogP contribution in [0.15, 0.2) is 60.7 Å². The predicted octanol–water partition coefficient (Wildman–Crippen LogP) is 6.96. The number of fused-ring (bicyclic) bond motifs is 1. The van der Waals surface area contributed by atoms with E-state index in [-0.39, 0.29) is 23.0 Å². The minimum atomic E-state index is -4.71. The summed E-state index contributed by atoms with van der Waals surface area (Å²) in [5.41, 5.74) is 4.48. The molecule has 40 heavy (non-hydrogen) atoms. The van der Waals surface area contributed by atoms with Gasteiger partial charge in [-0.05, 0) is 49.4 Å². The number of nitrogens with one attached hydrogen (secondary N) is 1. The van der Waals surface area contributed by atoms with Crippen molar-refractivity contribution in [2.24, 2.45) is 0 Å². The molecule has 0 unspecified atom stereocenters. The fraction of sp³-hybridized carbons (Fsp3) is 0.267. The molecule has 0 spiro atoms. The first kappa shape index (κ1) is 27.1. The fourth-order valence-electron chi connectivity index (χ4n) is 4.63. The number of rotatable bonds is 6. The third-order valence-electron chi connectivity index (χ3n) is 7.02. The van der Waals surface area contributed by atoms with Crippen molar-refractivity contribution in [3.05, 3.63) is 100 Å². The van der Waals surface area contributed by atoms with Gasteiger partial charge in [-0.25, -0.2) is 9.50 Å². The Balaban J connectivity index is 1.48. The lowest BCUT2D eigenvalue weighted by Crippen LogP contribution is -2.16. The van der Waals surface area contributed by atoms with Crippen LogP contribution in [-0.2, 0) is 12.7 Å². The van der Waals surface area contributed by atoms with E-state index < -0.39 is 17.8 Å². The number of carbonyl (C=O) groups excluding carboxylic acids is 1. The molecule has 5 rings (SSSR count). The maximum Gasteiger partial charge on any atom is 0.433 e. The second-order valence-corrected chi connectivity index (χ2v) is 10.2. The van der Waals surface area contributed by atoms with Crippen LogP contribution < -0.4 is 5.32 Å². The van der Waals surface area contributed by atoms with Crippen LogP contribution >= 0.6 is 0 Å². The second-order valence-electron chi connectivity index (χ2n) is 10.2. The van der Waals surface area contributed by atoms with Gasteiger partial charge in [0.2, 0.25) is 0 Å². The predicted molar refractivity (Wildman–Crippen MR) is 147 cm³/mol. The van der Waals surface area contributed by atoms with E-state index in [1.165, 1.54) is 6.07 Å². The molecular formula is C30H29F3N6O. The number of anilines is 1. The van der Waals surface area contributed by atoms with Crippen molar-refractivity contribution in [1.82, 2.24) is 24.4 Å². The molecule has 10 heteroatoms. The van der Waals surface area contributed by atoms with Gasteiger partial charge in [0.05, 0.1) is 29.3 Å². The number of aromatic nitrogens is 5. The fourth-order valence-corrected chi connectivity index (χ4v) is 4.63. The van der Waals surface area contributed by atoms with Crippen LogP contribution in [0, 0.1) is 20.8 Å². The summed E-state index contributed by atoms with van der Waals surface area (Å²) >= 11 is 0. The van der Waals surface area contributed by atoms with E-state index in [4.69, 9.17) is 0 Å². The molecule has 3 heterocycles. The summed E-state index contributed by atoms with van der Waals surface area (Å²) in [6.45, 7) is 10.2. The quantitative estimate of drug-likeness (QED) is 0.250. The number of carbonyl (C=O) groups is 1. The van der Waals surface area contributed by atoms with Crippen LogP contribution in [0.1, 0.15) is 64.0 Å². The van der Waals surface area contributed by atoms with Gasteiger partial charge in [0.1, 0.15) is 0 Å². The highest BCUT2D eigenvalue weighted by Gasteiger charge is 2.36. The Hall–Kier alpha value is -4.47. The van der Waals surface area contributed by atoms with Gasteiger partial charge in [-0.1, -0.05) is 62.4 Å². The van der Waals surface area contributed by atoms with Gasteiger partial charge < -0.3 is 5.32 Å². The molecule has 3 aromatic heterocycles. The van der Waals surface area contributed by atoms with Crippen molar-refractivity contribution < 1.29 is 18.0 Å². The first-order chi connectivity index (χ1) is 18.9. The summed E-state index contributed by atoms with van der Waals surface area (Å²) in [4.78, 5) is 17.6. The molecule has 0 fully saturated rings. The molecule has 0 aliphatic heterocycles. The van der Waals surface area contributed by atoms with E-state index in [1.54, 1.807) is 23.7 Å². The van der Waals surface area contributed by atoms with Gasteiger partial charge in [-0.2, -0.15) is 23.4 Å². The molecule has 0 aliphatic rings. The Bertz CT molecular complexity index is 1710. The molecule has 0 bridgehead atoms. The molecule has 206 valence electrons. The van der Waals surface area contributed by atoms with Crippen LogP contribution in [0.25, 0.3) is 16.9 Å². The molecule has 2 aromatic carbocycles. The molecule has 0 saturated carbocycles. The molecule has 1 N–H and O–H groups in total. The highest BCUT2D eigenvalue weighted by Crippen LogP contribution is 2.33. The lowest BCUT2D eigenvalue weighted by atomic mass is 10.0. The summed E-state index contributed by atoms with van der Waals surface area (Å²) in [5, 5.41) is 11.3. The number of benzene rings is 2. The molecule has 0 saturated heterocycles. The lowest BCUT2D eigenvalue weighted by molar-refractivity contribution is -0.142. The van der Waals surface area contributed by atoms with Crippen LogP contribution in [0.5, 0.6) is 0 Å². The van der Waals surface area contributed by atoms with Crippen LogP contribution in [-0.4, -0.2) is 30.3 Å². The number of halogens is 3. The summed E-state index contributed by atoms with van der Waals surface area (Å²) in [5.74, 6) is -0.365. The first-order valence-corrected chi connectivity index (χ1v) is 12.9. The zero-order valence-electron chi connectivity index (χ0n) is 22.8. The average Bonchev–Trinajstić information content (AvgIpc) is 3.45. The van der Waals surface area contributed by atoms with E-state index in [0.717, 1.165) is 28.5 Å². The third-order valence-corrected chi connectivity index (χ3v) is 7.02.